The van der Waals surface area contributed by atoms with Gasteiger partial charge in [-0.3, -0.25) is 37.3 Å². The summed E-state index contributed by atoms with van der Waals surface area (Å²) in [6.07, 6.45) is 64.4. The minimum atomic E-state index is -4.96. The first-order chi connectivity index (χ1) is 48.0. The highest BCUT2D eigenvalue weighted by Crippen LogP contribution is 2.45. The molecule has 0 aliphatic rings. The lowest BCUT2D eigenvalue weighted by molar-refractivity contribution is -0.161. The van der Waals surface area contributed by atoms with Crippen LogP contribution in [0.3, 0.4) is 0 Å². The third kappa shape index (κ3) is 74.1. The van der Waals surface area contributed by atoms with Crippen LogP contribution in [0.5, 0.6) is 0 Å². The molecule has 0 saturated heterocycles. The van der Waals surface area contributed by atoms with E-state index in [9.17, 15) is 43.2 Å². The minimum Gasteiger partial charge on any atom is -0.462 e. The van der Waals surface area contributed by atoms with Gasteiger partial charge in [-0.15, -0.1) is 0 Å². The van der Waals surface area contributed by atoms with Crippen molar-refractivity contribution in [3.63, 3.8) is 0 Å². The summed E-state index contributed by atoms with van der Waals surface area (Å²) in [5.41, 5.74) is 0. The van der Waals surface area contributed by atoms with E-state index in [1.165, 1.54) is 244 Å². The summed E-state index contributed by atoms with van der Waals surface area (Å²) in [6.45, 7) is 7.24. The topological polar surface area (TPSA) is 237 Å². The molecule has 99 heavy (non-hydrogen) atoms. The Balaban J connectivity index is 5.11. The minimum absolute atomic E-state index is 0.106. The second-order valence-corrected chi connectivity index (χ2v) is 32.2. The third-order valence-corrected chi connectivity index (χ3v) is 20.7. The van der Waals surface area contributed by atoms with Crippen molar-refractivity contribution in [2.24, 2.45) is 5.92 Å². The monoisotopic (exact) mass is 1450 g/mol. The number of aliphatic hydroxyl groups is 1. The van der Waals surface area contributed by atoms with Crippen molar-refractivity contribution in [3.8, 4) is 0 Å². The Morgan fingerprint density at radius 1 is 0.273 bits per heavy atom. The van der Waals surface area contributed by atoms with Gasteiger partial charge in [0.1, 0.15) is 19.3 Å². The lowest BCUT2D eigenvalue weighted by Gasteiger charge is -2.21. The van der Waals surface area contributed by atoms with Gasteiger partial charge in [-0.1, -0.05) is 375 Å². The highest BCUT2D eigenvalue weighted by Gasteiger charge is 2.30. The summed E-state index contributed by atoms with van der Waals surface area (Å²) in [7, 11) is -9.91. The van der Waals surface area contributed by atoms with Gasteiger partial charge in [-0.25, -0.2) is 9.13 Å². The van der Waals surface area contributed by atoms with Crippen molar-refractivity contribution < 1.29 is 80.2 Å². The zero-order valence-corrected chi connectivity index (χ0v) is 66.4. The van der Waals surface area contributed by atoms with E-state index in [4.69, 9.17) is 37.0 Å². The molecule has 0 spiro atoms. The van der Waals surface area contributed by atoms with Crippen molar-refractivity contribution in [1.29, 1.82) is 0 Å². The average Bonchev–Trinajstić information content (AvgIpc) is 1.13. The molecule has 0 aliphatic carbocycles. The van der Waals surface area contributed by atoms with Crippen LogP contribution in [-0.2, 0) is 65.4 Å². The standard InChI is InChI=1S/C80H156O17P2/c1-6-9-12-15-17-19-21-23-25-27-28-29-30-31-33-35-37-42-46-50-55-60-66-80(85)97-76(70-91-78(83)64-59-54-49-45-41-36-34-32-26-24-22-20-18-16-13-10-7-2)72-95-99(88,89)93-68-74(81)67-92-98(86,87)94-71-75(69-90-77(82)63-58-52-14-11-8-3)96-79(84)65-61-56-51-47-43-39-38-40-44-48-53-57-62-73(4)5/h73-76,81H,6-72H2,1-5H3,(H,86,87)(H,88,89)/t74-,75+,76+/m0/s1. The zero-order valence-electron chi connectivity index (χ0n) is 64.6. The highest BCUT2D eigenvalue weighted by molar-refractivity contribution is 7.47. The van der Waals surface area contributed by atoms with Gasteiger partial charge in [0.05, 0.1) is 26.4 Å². The van der Waals surface area contributed by atoms with E-state index in [0.717, 1.165) is 102 Å². The third-order valence-electron chi connectivity index (χ3n) is 18.8. The normalized spacial score (nSPS) is 13.9. The van der Waals surface area contributed by atoms with Gasteiger partial charge in [0.2, 0.25) is 0 Å². The van der Waals surface area contributed by atoms with Crippen LogP contribution in [-0.4, -0.2) is 96.7 Å². The lowest BCUT2D eigenvalue weighted by Crippen LogP contribution is -2.30. The Bertz CT molecular complexity index is 1890. The van der Waals surface area contributed by atoms with Gasteiger partial charge in [0.25, 0.3) is 0 Å². The molecule has 19 heteroatoms. The van der Waals surface area contributed by atoms with E-state index in [-0.39, 0.29) is 25.7 Å². The van der Waals surface area contributed by atoms with E-state index in [1.807, 2.05) is 0 Å². The predicted octanol–water partition coefficient (Wildman–Crippen LogP) is 24.0. The van der Waals surface area contributed by atoms with E-state index in [2.05, 4.69) is 34.6 Å². The quantitative estimate of drug-likeness (QED) is 0.0222. The number of hydrogen-bond acceptors (Lipinski definition) is 15. The van der Waals surface area contributed by atoms with Crippen molar-refractivity contribution in [2.45, 2.75) is 445 Å². The van der Waals surface area contributed by atoms with Gasteiger partial charge in [0.15, 0.2) is 12.2 Å². The molecule has 2 unspecified atom stereocenters. The average molecular weight is 1450 g/mol. The molecule has 0 fully saturated rings. The zero-order chi connectivity index (χ0) is 72.7. The Labute approximate surface area is 607 Å². The number of ether oxygens (including phenoxy) is 4. The second kappa shape index (κ2) is 73.0. The molecule has 0 aromatic heterocycles. The molecular weight excluding hydrogens is 1290 g/mol. The van der Waals surface area contributed by atoms with Crippen molar-refractivity contribution in [1.82, 2.24) is 0 Å². The summed E-state index contributed by atoms with van der Waals surface area (Å²) in [6, 6.07) is 0. The molecule has 17 nitrogen and oxygen atoms in total. The van der Waals surface area contributed by atoms with Gasteiger partial charge in [-0.05, 0) is 31.6 Å². The SMILES string of the molecule is CCCCCCCCCCCCCCCCCCCCCCCCC(=O)O[C@H](COC(=O)CCCCCCCCCCCCCCCCCCC)COP(=O)(O)OC[C@@H](O)COP(=O)(O)OC[C@@H](COC(=O)CCCCCCC)OC(=O)CCCCCCCCCCCCCCC(C)C. The molecule has 0 rings (SSSR count). The summed E-state index contributed by atoms with van der Waals surface area (Å²) >= 11 is 0. The van der Waals surface area contributed by atoms with E-state index in [1.54, 1.807) is 0 Å². The summed E-state index contributed by atoms with van der Waals surface area (Å²) in [5.74, 6) is -1.34. The van der Waals surface area contributed by atoms with Crippen LogP contribution >= 0.6 is 15.6 Å². The number of hydrogen-bond donors (Lipinski definition) is 3. The van der Waals surface area contributed by atoms with Crippen molar-refractivity contribution in [2.75, 3.05) is 39.6 Å². The van der Waals surface area contributed by atoms with Crippen LogP contribution in [0.25, 0.3) is 0 Å². The smallest absolute Gasteiger partial charge is 0.462 e. The summed E-state index contributed by atoms with van der Waals surface area (Å²) in [5, 5.41) is 10.6. The van der Waals surface area contributed by atoms with Crippen LogP contribution in [0.15, 0.2) is 0 Å². The Kier molecular flexibility index (Phi) is 71.6. The molecule has 0 bridgehead atoms. The number of phosphoric acid groups is 2. The van der Waals surface area contributed by atoms with Gasteiger partial charge in [-0.2, -0.15) is 0 Å². The number of aliphatic hydroxyl groups excluding tert-OH is 1. The van der Waals surface area contributed by atoms with E-state index >= 15 is 0 Å². The molecule has 3 N–H and O–H groups in total. The Hall–Kier alpha value is -1.94. The van der Waals surface area contributed by atoms with Crippen molar-refractivity contribution in [3.05, 3.63) is 0 Å². The number of unbranched alkanes of at least 4 members (excludes halogenated alkanes) is 52. The van der Waals surface area contributed by atoms with Crippen LogP contribution < -0.4 is 0 Å². The molecule has 0 aromatic rings. The Morgan fingerprint density at radius 3 is 0.687 bits per heavy atom. The Morgan fingerprint density at radius 2 is 0.465 bits per heavy atom. The number of carbonyl (C=O) groups excluding carboxylic acids is 4. The predicted molar refractivity (Wildman–Crippen MR) is 405 cm³/mol. The maximum Gasteiger partial charge on any atom is 0.472 e. The van der Waals surface area contributed by atoms with Gasteiger partial charge >= 0.3 is 39.5 Å². The fourth-order valence-electron chi connectivity index (χ4n) is 12.4. The number of carbonyl (C=O) groups is 4. The molecule has 0 aromatic carbocycles. The summed E-state index contributed by atoms with van der Waals surface area (Å²) < 4.78 is 68.4. The number of rotatable bonds is 80. The first-order valence-corrected chi connectivity index (χ1v) is 44.6. The second-order valence-electron chi connectivity index (χ2n) is 29.3. The van der Waals surface area contributed by atoms with Crippen LogP contribution in [0.2, 0.25) is 0 Å². The maximum atomic E-state index is 13.1. The van der Waals surface area contributed by atoms with Crippen molar-refractivity contribution >= 4 is 39.5 Å². The first kappa shape index (κ1) is 97.1. The molecule has 0 amide bonds. The molecule has 5 atom stereocenters. The molecular formula is C80H156O17P2. The highest BCUT2D eigenvalue weighted by atomic mass is 31.2. The largest absolute Gasteiger partial charge is 0.472 e. The molecule has 0 radical (unpaired) electrons. The lowest BCUT2D eigenvalue weighted by atomic mass is 10.0. The first-order valence-electron chi connectivity index (χ1n) is 41.6. The molecule has 588 valence electrons. The maximum absolute atomic E-state index is 13.1. The number of esters is 4. The van der Waals surface area contributed by atoms with Crippen LogP contribution in [0.1, 0.15) is 426 Å². The van der Waals surface area contributed by atoms with Crippen LogP contribution in [0, 0.1) is 5.92 Å². The molecule has 0 heterocycles. The van der Waals surface area contributed by atoms with Gasteiger partial charge in [0, 0.05) is 25.7 Å². The van der Waals surface area contributed by atoms with E-state index < -0.39 is 97.5 Å². The fourth-order valence-corrected chi connectivity index (χ4v) is 14.0. The van der Waals surface area contributed by atoms with E-state index in [0.29, 0.717) is 25.7 Å². The molecule has 0 saturated carbocycles. The van der Waals surface area contributed by atoms with Gasteiger partial charge < -0.3 is 33.8 Å². The fraction of sp³-hybridized carbons (Fsp3) is 0.950. The molecule has 0 aliphatic heterocycles. The van der Waals surface area contributed by atoms with Crippen LogP contribution in [0.4, 0.5) is 0 Å². The summed E-state index contributed by atoms with van der Waals surface area (Å²) in [4.78, 5) is 72.7. The number of phosphoric ester groups is 2.